The van der Waals surface area contributed by atoms with Gasteiger partial charge in [0, 0.05) is 86.3 Å². The van der Waals surface area contributed by atoms with Crippen molar-refractivity contribution in [2.24, 2.45) is 5.92 Å². The van der Waals surface area contributed by atoms with E-state index in [4.69, 9.17) is 19.3 Å². The van der Waals surface area contributed by atoms with Gasteiger partial charge in [0.1, 0.15) is 29.8 Å². The predicted molar refractivity (Wildman–Crippen MR) is 385 cm³/mol. The summed E-state index contributed by atoms with van der Waals surface area (Å²) in [5, 5.41) is 26.7. The predicted octanol–water partition coefficient (Wildman–Crippen LogP) is 9.97. The molecule has 0 bridgehead atoms. The summed E-state index contributed by atoms with van der Waals surface area (Å²) in [5.74, 6) is -5.66. The fourth-order valence-electron chi connectivity index (χ4n) is 12.9. The minimum atomic E-state index is -4.67. The fraction of sp³-hybridized carbons (Fsp3) is 0.473. The van der Waals surface area contributed by atoms with Crippen molar-refractivity contribution >= 4 is 82.9 Å². The molecule has 28 heteroatoms. The Hall–Kier alpha value is -8.22. The largest absolute Gasteiger partial charge is 0.481 e. The monoisotopic (exact) mass is 1470 g/mol. The van der Waals surface area contributed by atoms with Crippen molar-refractivity contribution < 1.29 is 96.7 Å². The van der Waals surface area contributed by atoms with E-state index in [0.29, 0.717) is 54.1 Å². The molecule has 2 aliphatic heterocycles. The van der Waals surface area contributed by atoms with Gasteiger partial charge < -0.3 is 45.3 Å². The van der Waals surface area contributed by atoms with Crippen LogP contribution < -0.4 is 25.6 Å². The second-order valence-corrected chi connectivity index (χ2v) is 31.3. The zero-order chi connectivity index (χ0) is 74.4. The summed E-state index contributed by atoms with van der Waals surface area (Å²) in [5.41, 5.74) is 7.52. The Balaban J connectivity index is 1.05. The van der Waals surface area contributed by atoms with Crippen molar-refractivity contribution in [3.8, 4) is 5.75 Å². The van der Waals surface area contributed by atoms with E-state index >= 15 is 0 Å². The molecule has 0 saturated heterocycles. The molecule has 0 spiro atoms. The molecule has 8 N–H and O–H groups in total. The second-order valence-electron chi connectivity index (χ2n) is 26.8. The van der Waals surface area contributed by atoms with E-state index in [9.17, 15) is 72.8 Å². The Morgan fingerprint density at radius 2 is 1.35 bits per heavy atom. The van der Waals surface area contributed by atoms with Crippen molar-refractivity contribution in [3.05, 3.63) is 166 Å². The number of nitrogens with zero attached hydrogens (tertiary/aromatic N) is 2. The summed E-state index contributed by atoms with van der Waals surface area (Å²) in [6, 6.07) is 25.2. The van der Waals surface area contributed by atoms with Gasteiger partial charge in [-0.3, -0.25) is 37.6 Å². The molecule has 0 aromatic heterocycles. The third kappa shape index (κ3) is 24.2. The molecular formula is C74H96N5O20S3+. The maximum Gasteiger partial charge on any atom is 0.315 e. The number of carbonyl (C=O) groups is 6. The van der Waals surface area contributed by atoms with Crippen molar-refractivity contribution in [3.63, 3.8) is 0 Å². The number of carboxylic acid groups (broad SMARTS) is 2. The number of urea groups is 1. The number of ketones is 2. The molecule has 0 unspecified atom stereocenters. The molecule has 3 amide bonds. The molecule has 25 nitrogen and oxygen atoms in total. The van der Waals surface area contributed by atoms with Gasteiger partial charge in [-0.1, -0.05) is 93.9 Å². The van der Waals surface area contributed by atoms with Gasteiger partial charge in [-0.2, -0.15) is 29.8 Å². The molecule has 3 atom stereocenters. The molecule has 554 valence electrons. The van der Waals surface area contributed by atoms with E-state index in [-0.39, 0.29) is 94.6 Å². The smallest absolute Gasteiger partial charge is 0.315 e. The van der Waals surface area contributed by atoms with Crippen molar-refractivity contribution in [1.82, 2.24) is 16.0 Å². The number of anilines is 1. The lowest BCUT2D eigenvalue weighted by atomic mass is 9.81. The van der Waals surface area contributed by atoms with Gasteiger partial charge in [0.15, 0.2) is 17.3 Å². The summed E-state index contributed by atoms with van der Waals surface area (Å²) in [7, 11) is -13.5. The lowest BCUT2D eigenvalue weighted by molar-refractivity contribution is -0.438. The molecule has 2 heterocycles. The average molecular weight is 1470 g/mol. The van der Waals surface area contributed by atoms with E-state index in [1.165, 1.54) is 17.7 Å². The number of Topliss-reactive ketones (excluding diaryl/α,β-unsaturated/α-hetero) is 2. The van der Waals surface area contributed by atoms with Crippen molar-refractivity contribution in [2.75, 3.05) is 62.5 Å². The molecule has 102 heavy (non-hydrogen) atoms. The minimum absolute atomic E-state index is 0.0314. The fourth-order valence-corrected chi connectivity index (χ4v) is 14.7. The number of fused-ring (bicyclic) bond motifs is 2. The zero-order valence-electron chi connectivity index (χ0n) is 58.4. The Morgan fingerprint density at radius 1 is 0.657 bits per heavy atom. The number of hydrogen-bond acceptors (Lipinski definition) is 16. The first-order chi connectivity index (χ1) is 48.2. The SMILES string of the molecule is CCCCC[N+]1=C(/C=C/C2=C(Oc3ccc(C[C@H](CC(=O)[C@H](Cc4ccccc4)NC(=O)CCOCCOCCCC(=O)[C@H](CS(=O)(=O)O)NC(=O)NCCCC(=O)O)C(=O)O)cc3)C(=C/C=C3/N(CCCCS(=O)(=O)O)c4ccc(S(=O)(=O)O)cc4C3(C)C)/CCC2)C(C)(C)c2ccccc21. The van der Waals surface area contributed by atoms with Gasteiger partial charge in [0.05, 0.1) is 47.8 Å². The van der Waals surface area contributed by atoms with Crippen LogP contribution in [0.3, 0.4) is 0 Å². The van der Waals surface area contributed by atoms with Gasteiger partial charge in [-0.25, -0.2) is 4.79 Å². The van der Waals surface area contributed by atoms with Crippen LogP contribution in [-0.2, 0) is 87.5 Å². The second kappa shape index (κ2) is 37.3. The number of rotatable bonds is 42. The van der Waals surface area contributed by atoms with Gasteiger partial charge >= 0.3 is 18.0 Å². The van der Waals surface area contributed by atoms with Crippen LogP contribution in [0, 0.1) is 5.92 Å². The maximum absolute atomic E-state index is 14.2. The molecule has 7 rings (SSSR count). The highest BCUT2D eigenvalue weighted by Crippen LogP contribution is 2.49. The molecule has 1 aliphatic carbocycles. The molecular weight excluding hydrogens is 1380 g/mol. The molecule has 4 aromatic rings. The van der Waals surface area contributed by atoms with Crippen molar-refractivity contribution in [1.29, 1.82) is 0 Å². The standard InChI is InChI=1S/C74H95N5O20S3/c1-6-7-13-39-78-62-24-12-11-23-58(62)73(2,3)66(78)35-29-53-21-16-22-54(30-36-67-74(4,5)59-49-57(102(94,95)96)33-34-63(59)79(67)40-14-15-45-100(88,89)90)70(53)99-56-31-27-52(28-32-56)46-55(71(85)86)48-65(81)60(47-51-19-9-8-10-20-51)76-68(82)37-42-98-44-43-97-41-18-25-64(80)61(50-101(91,92)93)77-72(87)75-38-17-26-69(83)84/h8-12,19-20,23-24,27-36,49,55,60-61H,6-7,13-18,21-22,25-26,37-48,50H2,1-5H3,(H7-,75,76,77,82,83,84,85,86,87,88,89,90,91,92,93,94,95,96)/p+1/t55-,60+,61+/m1/s1. The third-order valence-corrected chi connectivity index (χ3v) is 20.7. The van der Waals surface area contributed by atoms with Gasteiger partial charge in [0.25, 0.3) is 30.4 Å². The Morgan fingerprint density at radius 3 is 2.03 bits per heavy atom. The number of hydrogen-bond donors (Lipinski definition) is 8. The minimum Gasteiger partial charge on any atom is -0.481 e. The number of allylic oxidation sites excluding steroid dienone is 7. The first-order valence-corrected chi connectivity index (χ1v) is 39.1. The molecule has 0 radical (unpaired) electrons. The zero-order valence-corrected chi connectivity index (χ0v) is 60.9. The molecule has 3 aliphatic rings. The number of amides is 3. The van der Waals surface area contributed by atoms with Crippen LogP contribution in [0.25, 0.3) is 0 Å². The summed E-state index contributed by atoms with van der Waals surface area (Å²) < 4.78 is 121. The Bertz CT molecular complexity index is 4170. The normalized spacial score (nSPS) is 16.8. The van der Waals surface area contributed by atoms with Crippen LogP contribution in [0.5, 0.6) is 5.75 Å². The first-order valence-electron chi connectivity index (χ1n) is 34.4. The van der Waals surface area contributed by atoms with E-state index in [1.54, 1.807) is 60.7 Å². The van der Waals surface area contributed by atoms with E-state index in [2.05, 4.69) is 77.7 Å². The van der Waals surface area contributed by atoms with Crippen molar-refractivity contribution in [2.45, 2.75) is 165 Å². The lowest BCUT2D eigenvalue weighted by Gasteiger charge is -2.27. The number of unbranched alkanes of at least 4 members (excludes halogenated alkanes) is 3. The van der Waals surface area contributed by atoms with Crippen LogP contribution in [0.15, 0.2) is 149 Å². The summed E-state index contributed by atoms with van der Waals surface area (Å²) in [6.45, 7) is 11.7. The van der Waals surface area contributed by atoms with Crippen LogP contribution in [-0.4, -0.2) is 165 Å². The number of carbonyl (C=O) groups excluding carboxylic acids is 4. The van der Waals surface area contributed by atoms with Crippen LogP contribution >= 0.6 is 0 Å². The lowest BCUT2D eigenvalue weighted by Crippen LogP contribution is -2.49. The summed E-state index contributed by atoms with van der Waals surface area (Å²) in [4.78, 5) is 78.2. The summed E-state index contributed by atoms with van der Waals surface area (Å²) >= 11 is 0. The van der Waals surface area contributed by atoms with E-state index in [1.807, 2.05) is 30.9 Å². The highest BCUT2D eigenvalue weighted by atomic mass is 32.2. The van der Waals surface area contributed by atoms with Crippen LogP contribution in [0.1, 0.15) is 147 Å². The quantitative estimate of drug-likeness (QED) is 0.0116. The number of aliphatic carboxylic acids is 2. The third-order valence-electron chi connectivity index (χ3n) is 18.3. The maximum atomic E-state index is 14.2. The topological polar surface area (TPSA) is 376 Å². The Kier molecular flexibility index (Phi) is 29.6. The molecule has 4 aromatic carbocycles. The van der Waals surface area contributed by atoms with Gasteiger partial charge in [-0.15, -0.1) is 0 Å². The number of ether oxygens (including phenoxy) is 3. The highest BCUT2D eigenvalue weighted by molar-refractivity contribution is 7.86. The number of para-hydroxylation sites is 1. The van der Waals surface area contributed by atoms with E-state index in [0.717, 1.165) is 66.0 Å². The molecule has 0 saturated carbocycles. The van der Waals surface area contributed by atoms with Crippen LogP contribution in [0.4, 0.5) is 16.2 Å². The highest BCUT2D eigenvalue weighted by Gasteiger charge is 2.45. The van der Waals surface area contributed by atoms with Gasteiger partial charge in [-0.05, 0) is 148 Å². The Labute approximate surface area is 597 Å². The number of benzene rings is 4. The summed E-state index contributed by atoms with van der Waals surface area (Å²) in [6.07, 6.45) is 13.2. The average Bonchev–Trinajstić information content (AvgIpc) is 1.60. The molecule has 0 fully saturated rings. The number of nitrogens with one attached hydrogen (secondary N) is 3. The van der Waals surface area contributed by atoms with E-state index < -0.39 is 107 Å². The number of carboxylic acids is 2. The first kappa shape index (κ1) is 81.1. The van der Waals surface area contributed by atoms with Gasteiger partial charge in [0.2, 0.25) is 11.6 Å². The van der Waals surface area contributed by atoms with Crippen LogP contribution in [0.2, 0.25) is 0 Å².